The van der Waals surface area contributed by atoms with E-state index in [1.54, 1.807) is 0 Å². The highest BCUT2D eigenvalue weighted by molar-refractivity contribution is 5.83. The topological polar surface area (TPSA) is 55.1 Å². The van der Waals surface area contributed by atoms with Gasteiger partial charge in [0.25, 0.3) is 0 Å². The zero-order valence-electron chi connectivity index (χ0n) is 12.3. The molecule has 3 heteroatoms. The molecule has 0 unspecified atom stereocenters. The summed E-state index contributed by atoms with van der Waals surface area (Å²) in [5.41, 5.74) is 5.69. The molecule has 19 heavy (non-hydrogen) atoms. The second-order valence-electron chi connectivity index (χ2n) is 6.56. The zero-order valence-corrected chi connectivity index (χ0v) is 12.3. The lowest BCUT2D eigenvalue weighted by atomic mass is 9.73. The molecule has 0 spiro atoms. The molecular formula is C16H30N2O. The molecule has 0 saturated heterocycles. The first kappa shape index (κ1) is 14.8. The first-order valence-electron chi connectivity index (χ1n) is 8.28. The molecule has 0 atom stereocenters. The number of carbonyl (C=O) groups is 1. The minimum absolute atomic E-state index is 0.249. The molecule has 3 nitrogen and oxygen atoms in total. The van der Waals surface area contributed by atoms with Crippen molar-refractivity contribution in [3.05, 3.63) is 0 Å². The third-order valence-electron chi connectivity index (χ3n) is 5.12. The molecule has 2 saturated carbocycles. The van der Waals surface area contributed by atoms with Crippen molar-refractivity contribution in [1.82, 2.24) is 5.32 Å². The molecule has 0 heterocycles. The second kappa shape index (κ2) is 7.28. The number of rotatable bonds is 3. The van der Waals surface area contributed by atoms with Crippen molar-refractivity contribution in [3.8, 4) is 0 Å². The summed E-state index contributed by atoms with van der Waals surface area (Å²) in [7, 11) is 0. The van der Waals surface area contributed by atoms with Gasteiger partial charge in [-0.2, -0.15) is 0 Å². The molecule has 2 fully saturated rings. The quantitative estimate of drug-likeness (QED) is 0.824. The van der Waals surface area contributed by atoms with Crippen LogP contribution in [0.15, 0.2) is 0 Å². The summed E-state index contributed by atoms with van der Waals surface area (Å²) in [4.78, 5) is 12.6. The normalized spacial score (nSPS) is 25.3. The van der Waals surface area contributed by atoms with Gasteiger partial charge in [-0.15, -0.1) is 0 Å². The van der Waals surface area contributed by atoms with Gasteiger partial charge in [0, 0.05) is 12.6 Å². The fourth-order valence-electron chi connectivity index (χ4n) is 3.69. The molecule has 3 N–H and O–H groups in total. The van der Waals surface area contributed by atoms with E-state index < -0.39 is 0 Å². The first-order chi connectivity index (χ1) is 9.27. The van der Waals surface area contributed by atoms with Crippen LogP contribution in [0.25, 0.3) is 0 Å². The Hall–Kier alpha value is -0.570. The van der Waals surface area contributed by atoms with Crippen molar-refractivity contribution in [2.24, 2.45) is 11.1 Å². The number of amides is 1. The smallest absolute Gasteiger partial charge is 0.227 e. The van der Waals surface area contributed by atoms with Gasteiger partial charge < -0.3 is 11.1 Å². The van der Waals surface area contributed by atoms with Crippen LogP contribution in [0.3, 0.4) is 0 Å². The van der Waals surface area contributed by atoms with E-state index in [0.717, 1.165) is 38.5 Å². The molecular weight excluding hydrogens is 236 g/mol. The molecule has 0 aromatic heterocycles. The van der Waals surface area contributed by atoms with Crippen molar-refractivity contribution in [3.63, 3.8) is 0 Å². The summed E-state index contributed by atoms with van der Waals surface area (Å²) in [6.07, 6.45) is 14.4. The summed E-state index contributed by atoms with van der Waals surface area (Å²) in [6, 6.07) is 0.401. The molecule has 1 amide bonds. The van der Waals surface area contributed by atoms with Gasteiger partial charge >= 0.3 is 0 Å². The summed E-state index contributed by atoms with van der Waals surface area (Å²) < 4.78 is 0. The Morgan fingerprint density at radius 2 is 1.47 bits per heavy atom. The van der Waals surface area contributed by atoms with Gasteiger partial charge in [0.15, 0.2) is 0 Å². The lowest BCUT2D eigenvalue weighted by Gasteiger charge is -2.36. The van der Waals surface area contributed by atoms with E-state index in [1.807, 2.05) is 0 Å². The van der Waals surface area contributed by atoms with Crippen LogP contribution in [0.4, 0.5) is 0 Å². The third-order valence-corrected chi connectivity index (χ3v) is 5.12. The standard InChI is InChI=1S/C16H30N2O/c17-13-16(11-7-4-8-12-16)15(19)18-14-9-5-2-1-3-6-10-14/h14H,1-13,17H2,(H,18,19). The fraction of sp³-hybridized carbons (Fsp3) is 0.938. The minimum atomic E-state index is -0.249. The summed E-state index contributed by atoms with van der Waals surface area (Å²) >= 11 is 0. The molecule has 2 aliphatic carbocycles. The predicted octanol–water partition coefficient (Wildman–Crippen LogP) is 3.12. The average molecular weight is 266 g/mol. The zero-order chi connectivity index (χ0) is 13.6. The van der Waals surface area contributed by atoms with E-state index in [9.17, 15) is 4.79 Å². The van der Waals surface area contributed by atoms with E-state index in [4.69, 9.17) is 5.73 Å². The molecule has 2 rings (SSSR count). The van der Waals surface area contributed by atoms with E-state index in [2.05, 4.69) is 5.32 Å². The van der Waals surface area contributed by atoms with Crippen LogP contribution in [0, 0.1) is 5.41 Å². The Balaban J connectivity index is 1.90. The number of nitrogens with one attached hydrogen (secondary N) is 1. The Morgan fingerprint density at radius 3 is 2.05 bits per heavy atom. The van der Waals surface area contributed by atoms with Crippen LogP contribution in [-0.4, -0.2) is 18.5 Å². The molecule has 0 aliphatic heterocycles. The van der Waals surface area contributed by atoms with Crippen molar-refractivity contribution >= 4 is 5.91 Å². The number of nitrogens with two attached hydrogens (primary N) is 1. The van der Waals surface area contributed by atoms with Crippen LogP contribution >= 0.6 is 0 Å². The van der Waals surface area contributed by atoms with Gasteiger partial charge in [0.1, 0.15) is 0 Å². The Kier molecular flexibility index (Phi) is 5.68. The maximum Gasteiger partial charge on any atom is 0.227 e. The molecule has 0 aromatic rings. The largest absolute Gasteiger partial charge is 0.353 e. The van der Waals surface area contributed by atoms with Gasteiger partial charge in [-0.05, 0) is 25.7 Å². The van der Waals surface area contributed by atoms with E-state index in [1.165, 1.54) is 38.5 Å². The maximum atomic E-state index is 12.6. The van der Waals surface area contributed by atoms with Crippen molar-refractivity contribution in [2.75, 3.05) is 6.54 Å². The Morgan fingerprint density at radius 1 is 0.947 bits per heavy atom. The molecule has 0 bridgehead atoms. The van der Waals surface area contributed by atoms with Crippen molar-refractivity contribution in [1.29, 1.82) is 0 Å². The summed E-state index contributed by atoms with van der Waals surface area (Å²) in [5.74, 6) is 0.250. The van der Waals surface area contributed by atoms with E-state index in [0.29, 0.717) is 12.6 Å². The molecule has 0 radical (unpaired) electrons. The third kappa shape index (κ3) is 3.95. The Labute approximate surface area is 117 Å². The average Bonchev–Trinajstić information content (AvgIpc) is 2.42. The van der Waals surface area contributed by atoms with Gasteiger partial charge in [-0.25, -0.2) is 0 Å². The summed E-state index contributed by atoms with van der Waals surface area (Å²) in [5, 5.41) is 3.33. The second-order valence-corrected chi connectivity index (χ2v) is 6.56. The molecule has 2 aliphatic rings. The highest BCUT2D eigenvalue weighted by atomic mass is 16.2. The SMILES string of the molecule is NCC1(C(=O)NC2CCCCCCC2)CCCCC1. The van der Waals surface area contributed by atoms with Crippen LogP contribution in [-0.2, 0) is 4.79 Å². The van der Waals surface area contributed by atoms with E-state index in [-0.39, 0.29) is 11.3 Å². The van der Waals surface area contributed by atoms with Crippen molar-refractivity contribution < 1.29 is 4.79 Å². The van der Waals surface area contributed by atoms with E-state index >= 15 is 0 Å². The fourth-order valence-corrected chi connectivity index (χ4v) is 3.69. The number of hydrogen-bond donors (Lipinski definition) is 2. The molecule has 110 valence electrons. The lowest BCUT2D eigenvalue weighted by molar-refractivity contribution is -0.133. The minimum Gasteiger partial charge on any atom is -0.353 e. The highest BCUT2D eigenvalue weighted by Crippen LogP contribution is 2.36. The van der Waals surface area contributed by atoms with Gasteiger partial charge in [-0.1, -0.05) is 51.4 Å². The van der Waals surface area contributed by atoms with Crippen molar-refractivity contribution in [2.45, 2.75) is 83.1 Å². The van der Waals surface area contributed by atoms with Crippen LogP contribution in [0.1, 0.15) is 77.0 Å². The van der Waals surface area contributed by atoms with Crippen LogP contribution < -0.4 is 11.1 Å². The summed E-state index contributed by atoms with van der Waals surface area (Å²) in [6.45, 7) is 0.519. The Bertz CT molecular complexity index is 276. The van der Waals surface area contributed by atoms with Gasteiger partial charge in [-0.3, -0.25) is 4.79 Å². The van der Waals surface area contributed by atoms with Gasteiger partial charge in [0.05, 0.1) is 5.41 Å². The number of carbonyl (C=O) groups excluding carboxylic acids is 1. The van der Waals surface area contributed by atoms with Gasteiger partial charge in [0.2, 0.25) is 5.91 Å². The molecule has 0 aromatic carbocycles. The van der Waals surface area contributed by atoms with Crippen LogP contribution in [0.5, 0.6) is 0 Å². The first-order valence-corrected chi connectivity index (χ1v) is 8.28. The van der Waals surface area contributed by atoms with Crippen LogP contribution in [0.2, 0.25) is 0 Å². The predicted molar refractivity (Wildman–Crippen MR) is 78.8 cm³/mol. The monoisotopic (exact) mass is 266 g/mol. The number of hydrogen-bond acceptors (Lipinski definition) is 2. The highest BCUT2D eigenvalue weighted by Gasteiger charge is 2.38. The maximum absolute atomic E-state index is 12.6. The lowest BCUT2D eigenvalue weighted by Crippen LogP contribution is -2.50.